The molecule has 104 valence electrons. The molecule has 3 nitrogen and oxygen atoms in total. The highest BCUT2D eigenvalue weighted by Crippen LogP contribution is 2.36. The average Bonchev–Trinajstić information content (AvgIpc) is 2.69. The lowest BCUT2D eigenvalue weighted by Crippen LogP contribution is -2.50. The Kier molecular flexibility index (Phi) is 3.83. The van der Waals surface area contributed by atoms with E-state index in [9.17, 15) is 0 Å². The molecular weight excluding hydrogens is 234 g/mol. The number of hydrogen-bond donors (Lipinski definition) is 1. The Labute approximate surface area is 116 Å². The van der Waals surface area contributed by atoms with E-state index in [4.69, 9.17) is 5.73 Å². The summed E-state index contributed by atoms with van der Waals surface area (Å²) in [5.74, 6) is 1.26. The molecule has 1 heterocycles. The van der Waals surface area contributed by atoms with Crippen LogP contribution in [-0.2, 0) is 5.54 Å². The van der Waals surface area contributed by atoms with Crippen molar-refractivity contribution >= 4 is 5.96 Å². The smallest absolute Gasteiger partial charge is 0.192 e. The molecule has 0 aliphatic carbocycles. The van der Waals surface area contributed by atoms with Gasteiger partial charge in [0.05, 0.1) is 12.1 Å². The Morgan fingerprint density at radius 2 is 1.95 bits per heavy atom. The normalized spacial score (nSPS) is 23.0. The molecule has 2 rings (SSSR count). The number of guanidine groups is 1. The van der Waals surface area contributed by atoms with Crippen molar-refractivity contribution < 1.29 is 0 Å². The highest BCUT2D eigenvalue weighted by molar-refractivity contribution is 5.81. The summed E-state index contributed by atoms with van der Waals surface area (Å²) in [4.78, 5) is 6.81. The van der Waals surface area contributed by atoms with Crippen LogP contribution >= 0.6 is 0 Å². The van der Waals surface area contributed by atoms with Gasteiger partial charge in [-0.1, -0.05) is 50.6 Å². The van der Waals surface area contributed by atoms with Gasteiger partial charge in [-0.15, -0.1) is 0 Å². The molecule has 0 saturated carbocycles. The van der Waals surface area contributed by atoms with Crippen LogP contribution in [0.3, 0.4) is 0 Å². The van der Waals surface area contributed by atoms with Crippen LogP contribution in [0.1, 0.15) is 38.3 Å². The van der Waals surface area contributed by atoms with Gasteiger partial charge in [0.1, 0.15) is 0 Å². The van der Waals surface area contributed by atoms with Crippen molar-refractivity contribution in [1.29, 1.82) is 0 Å². The molecule has 0 fully saturated rings. The molecule has 1 aliphatic rings. The van der Waals surface area contributed by atoms with Crippen molar-refractivity contribution in [1.82, 2.24) is 4.90 Å². The van der Waals surface area contributed by atoms with Gasteiger partial charge in [0.25, 0.3) is 0 Å². The van der Waals surface area contributed by atoms with Gasteiger partial charge in [-0.25, -0.2) is 0 Å². The minimum Gasteiger partial charge on any atom is -0.370 e. The number of nitrogens with zero attached hydrogens (tertiary/aromatic N) is 2. The van der Waals surface area contributed by atoms with Gasteiger partial charge in [-0.05, 0) is 24.8 Å². The number of hydrogen-bond acceptors (Lipinski definition) is 3. The Morgan fingerprint density at radius 1 is 1.32 bits per heavy atom. The summed E-state index contributed by atoms with van der Waals surface area (Å²) in [5.41, 5.74) is 8.68. The SMILES string of the molecule is CCC1(c2ccc(C)cc2)CN=C(N)N1CC(C)C. The van der Waals surface area contributed by atoms with Crippen LogP contribution in [0, 0.1) is 12.8 Å². The van der Waals surface area contributed by atoms with Crippen molar-refractivity contribution in [2.24, 2.45) is 16.6 Å². The fraction of sp³-hybridized carbons (Fsp3) is 0.562. The van der Waals surface area contributed by atoms with Crippen molar-refractivity contribution in [3.63, 3.8) is 0 Å². The second kappa shape index (κ2) is 5.24. The Hall–Kier alpha value is -1.51. The largest absolute Gasteiger partial charge is 0.370 e. The molecular formula is C16H25N3. The zero-order valence-electron chi connectivity index (χ0n) is 12.5. The van der Waals surface area contributed by atoms with Crippen LogP contribution in [-0.4, -0.2) is 23.9 Å². The zero-order chi connectivity index (χ0) is 14.0. The molecule has 0 radical (unpaired) electrons. The van der Waals surface area contributed by atoms with Gasteiger partial charge >= 0.3 is 0 Å². The Morgan fingerprint density at radius 3 is 2.47 bits per heavy atom. The molecule has 0 aromatic heterocycles. The van der Waals surface area contributed by atoms with Crippen molar-refractivity contribution in [2.75, 3.05) is 13.1 Å². The maximum atomic E-state index is 6.12. The Bertz CT molecular complexity index is 461. The van der Waals surface area contributed by atoms with Gasteiger partial charge in [-0.2, -0.15) is 0 Å². The monoisotopic (exact) mass is 259 g/mol. The van der Waals surface area contributed by atoms with Gasteiger partial charge in [0.2, 0.25) is 0 Å². The van der Waals surface area contributed by atoms with E-state index in [0.29, 0.717) is 11.9 Å². The minimum absolute atomic E-state index is 0.0535. The minimum atomic E-state index is -0.0535. The lowest BCUT2D eigenvalue weighted by molar-refractivity contribution is 0.176. The standard InChI is InChI=1S/C16H25N3/c1-5-16(14-8-6-13(4)7-9-14)11-18-15(17)19(16)10-12(2)3/h6-9,12H,5,10-11H2,1-4H3,(H2,17,18). The third-order valence-corrected chi connectivity index (χ3v) is 4.02. The van der Waals surface area contributed by atoms with Gasteiger partial charge < -0.3 is 10.6 Å². The first kappa shape index (κ1) is 13.9. The van der Waals surface area contributed by atoms with E-state index in [1.807, 2.05) is 0 Å². The van der Waals surface area contributed by atoms with Gasteiger partial charge in [0, 0.05) is 6.54 Å². The quantitative estimate of drug-likeness (QED) is 0.903. The fourth-order valence-corrected chi connectivity index (χ4v) is 2.85. The van der Waals surface area contributed by atoms with Gasteiger partial charge in [-0.3, -0.25) is 4.99 Å². The van der Waals surface area contributed by atoms with Gasteiger partial charge in [0.15, 0.2) is 5.96 Å². The summed E-state index contributed by atoms with van der Waals surface area (Å²) in [6.07, 6.45) is 1.02. The number of rotatable bonds is 4. The van der Waals surface area contributed by atoms with E-state index in [2.05, 4.69) is 61.9 Å². The van der Waals surface area contributed by atoms with Crippen molar-refractivity contribution in [2.45, 2.75) is 39.7 Å². The first-order chi connectivity index (χ1) is 8.99. The molecule has 0 amide bonds. The fourth-order valence-electron chi connectivity index (χ4n) is 2.85. The molecule has 1 unspecified atom stereocenters. The summed E-state index contributed by atoms with van der Waals surface area (Å²) in [6, 6.07) is 8.80. The predicted molar refractivity (Wildman–Crippen MR) is 81.2 cm³/mol. The third-order valence-electron chi connectivity index (χ3n) is 4.02. The van der Waals surface area contributed by atoms with E-state index in [1.165, 1.54) is 11.1 Å². The van der Waals surface area contributed by atoms with Crippen LogP contribution in [0.25, 0.3) is 0 Å². The third kappa shape index (κ3) is 2.46. The number of aryl methyl sites for hydroxylation is 1. The molecule has 0 bridgehead atoms. The lowest BCUT2D eigenvalue weighted by Gasteiger charge is -2.40. The number of nitrogens with two attached hydrogens (primary N) is 1. The van der Waals surface area contributed by atoms with Crippen LogP contribution in [0.5, 0.6) is 0 Å². The van der Waals surface area contributed by atoms with E-state index in [0.717, 1.165) is 19.5 Å². The Balaban J connectivity index is 2.39. The summed E-state index contributed by atoms with van der Waals surface area (Å²) in [5, 5.41) is 0. The number of benzene rings is 1. The topological polar surface area (TPSA) is 41.6 Å². The molecule has 1 aromatic rings. The molecule has 3 heteroatoms. The van der Waals surface area contributed by atoms with Crippen LogP contribution < -0.4 is 5.73 Å². The van der Waals surface area contributed by atoms with E-state index in [-0.39, 0.29) is 5.54 Å². The van der Waals surface area contributed by atoms with Crippen LogP contribution in [0.15, 0.2) is 29.3 Å². The first-order valence-electron chi connectivity index (χ1n) is 7.14. The summed E-state index contributed by atoms with van der Waals surface area (Å²) in [7, 11) is 0. The highest BCUT2D eigenvalue weighted by Gasteiger charge is 2.42. The van der Waals surface area contributed by atoms with Crippen LogP contribution in [0.2, 0.25) is 0 Å². The number of aliphatic imine (C=N–C) groups is 1. The van der Waals surface area contributed by atoms with E-state index < -0.39 is 0 Å². The van der Waals surface area contributed by atoms with Crippen molar-refractivity contribution in [3.8, 4) is 0 Å². The summed E-state index contributed by atoms with van der Waals surface area (Å²) < 4.78 is 0. The molecule has 1 aromatic carbocycles. The molecule has 1 aliphatic heterocycles. The van der Waals surface area contributed by atoms with E-state index >= 15 is 0 Å². The van der Waals surface area contributed by atoms with Crippen LogP contribution in [0.4, 0.5) is 0 Å². The first-order valence-corrected chi connectivity index (χ1v) is 7.14. The zero-order valence-corrected chi connectivity index (χ0v) is 12.5. The molecule has 2 N–H and O–H groups in total. The molecule has 1 atom stereocenters. The molecule has 19 heavy (non-hydrogen) atoms. The second-order valence-electron chi connectivity index (χ2n) is 5.93. The maximum absolute atomic E-state index is 6.12. The molecule has 0 spiro atoms. The lowest BCUT2D eigenvalue weighted by atomic mass is 9.85. The maximum Gasteiger partial charge on any atom is 0.192 e. The summed E-state index contributed by atoms with van der Waals surface area (Å²) in [6.45, 7) is 10.5. The molecule has 0 saturated heterocycles. The van der Waals surface area contributed by atoms with Crippen molar-refractivity contribution in [3.05, 3.63) is 35.4 Å². The second-order valence-corrected chi connectivity index (χ2v) is 5.93. The highest BCUT2D eigenvalue weighted by atomic mass is 15.4. The summed E-state index contributed by atoms with van der Waals surface area (Å²) >= 11 is 0. The predicted octanol–water partition coefficient (Wildman–Crippen LogP) is 2.89. The average molecular weight is 259 g/mol. The van der Waals surface area contributed by atoms with E-state index in [1.54, 1.807) is 0 Å².